The van der Waals surface area contributed by atoms with Crippen LogP contribution in [-0.2, 0) is 11.3 Å². The van der Waals surface area contributed by atoms with Crippen LogP contribution < -0.4 is 9.67 Å². The molecule has 60 valence electrons. The van der Waals surface area contributed by atoms with Gasteiger partial charge in [0.15, 0.2) is 0 Å². The Morgan fingerprint density at radius 1 is 1.82 bits per heavy atom. The van der Waals surface area contributed by atoms with E-state index in [9.17, 15) is 9.90 Å². The van der Waals surface area contributed by atoms with Crippen molar-refractivity contribution in [1.82, 2.24) is 4.98 Å². The number of carboxylic acids is 1. The van der Waals surface area contributed by atoms with Gasteiger partial charge in [0.2, 0.25) is 6.33 Å². The molecule has 0 spiro atoms. The van der Waals surface area contributed by atoms with E-state index in [0.29, 0.717) is 0 Å². The molecule has 5 nitrogen and oxygen atoms in total. The minimum atomic E-state index is -1.46. The number of nitrogens with zero attached hydrogens (tertiary/aromatic N) is 1. The van der Waals surface area contributed by atoms with Crippen LogP contribution in [0, 0.1) is 0 Å². The van der Waals surface area contributed by atoms with Crippen LogP contribution in [0.1, 0.15) is 0 Å². The Morgan fingerprint density at radius 3 is 3.00 bits per heavy atom. The molecule has 2 N–H and O–H groups in total. The van der Waals surface area contributed by atoms with Crippen molar-refractivity contribution in [3.8, 4) is 0 Å². The molecule has 0 saturated carbocycles. The first kappa shape index (κ1) is 7.74. The molecule has 1 atom stereocenters. The van der Waals surface area contributed by atoms with Crippen molar-refractivity contribution >= 4 is 5.97 Å². The molecule has 0 fully saturated rings. The van der Waals surface area contributed by atoms with Gasteiger partial charge in [-0.05, 0) is 0 Å². The molecule has 11 heavy (non-hydrogen) atoms. The summed E-state index contributed by atoms with van der Waals surface area (Å²) in [5.74, 6) is -1.46. The van der Waals surface area contributed by atoms with Crippen LogP contribution in [0.5, 0.6) is 0 Å². The van der Waals surface area contributed by atoms with Gasteiger partial charge in [-0.1, -0.05) is 0 Å². The Kier molecular flexibility index (Phi) is 2.22. The number of aliphatic hydroxyl groups is 1. The molecule has 0 amide bonds. The largest absolute Gasteiger partial charge is 0.547 e. The van der Waals surface area contributed by atoms with Crippen molar-refractivity contribution < 1.29 is 19.6 Å². The molecule has 0 bridgehead atoms. The van der Waals surface area contributed by atoms with Gasteiger partial charge in [0.1, 0.15) is 25.0 Å². The van der Waals surface area contributed by atoms with E-state index in [4.69, 9.17) is 5.11 Å². The van der Waals surface area contributed by atoms with Gasteiger partial charge < -0.3 is 15.0 Å². The first-order valence-corrected chi connectivity index (χ1v) is 3.11. The van der Waals surface area contributed by atoms with Crippen LogP contribution in [0.25, 0.3) is 0 Å². The summed E-state index contributed by atoms with van der Waals surface area (Å²) in [5, 5.41) is 18.8. The van der Waals surface area contributed by atoms with Crippen molar-refractivity contribution in [2.75, 3.05) is 0 Å². The van der Waals surface area contributed by atoms with Crippen LogP contribution in [0.2, 0.25) is 0 Å². The standard InChI is InChI=1S/C6H8N2O3/c9-5(6(10)11)3-8-2-1-7-4-8/h1-2,4-5,9H,3H2,(H,10,11). The number of H-pyrrole nitrogens is 1. The zero-order valence-electron chi connectivity index (χ0n) is 5.73. The van der Waals surface area contributed by atoms with Gasteiger partial charge in [0.25, 0.3) is 0 Å². The van der Waals surface area contributed by atoms with Crippen molar-refractivity contribution in [2.24, 2.45) is 0 Å². The average Bonchev–Trinajstić information content (AvgIpc) is 2.39. The smallest absolute Gasteiger partial charge is 0.241 e. The fraction of sp³-hybridized carbons (Fsp3) is 0.333. The predicted molar refractivity (Wildman–Crippen MR) is 32.0 cm³/mol. The van der Waals surface area contributed by atoms with Crippen LogP contribution in [0.3, 0.4) is 0 Å². The van der Waals surface area contributed by atoms with E-state index in [1.807, 2.05) is 0 Å². The third kappa shape index (κ3) is 2.05. The highest BCUT2D eigenvalue weighted by Crippen LogP contribution is 1.79. The number of nitrogens with one attached hydrogen (secondary N) is 1. The van der Waals surface area contributed by atoms with Crippen LogP contribution in [0.15, 0.2) is 18.7 Å². The van der Waals surface area contributed by atoms with E-state index in [1.165, 1.54) is 4.57 Å². The van der Waals surface area contributed by atoms with Gasteiger partial charge >= 0.3 is 0 Å². The summed E-state index contributed by atoms with van der Waals surface area (Å²) in [6, 6.07) is 0. The molecule has 1 aromatic heterocycles. The van der Waals surface area contributed by atoms with Gasteiger partial charge in [0.05, 0.1) is 5.97 Å². The number of carbonyl (C=O) groups excluding carboxylic acids is 1. The van der Waals surface area contributed by atoms with Crippen molar-refractivity contribution in [3.63, 3.8) is 0 Å². The Hall–Kier alpha value is -1.36. The van der Waals surface area contributed by atoms with Crippen LogP contribution in [0.4, 0.5) is 0 Å². The van der Waals surface area contributed by atoms with Gasteiger partial charge in [-0.25, -0.2) is 4.57 Å². The summed E-state index contributed by atoms with van der Waals surface area (Å²) in [5.41, 5.74) is 0. The predicted octanol–water partition coefficient (Wildman–Crippen LogP) is -2.59. The van der Waals surface area contributed by atoms with Gasteiger partial charge in [0, 0.05) is 0 Å². The summed E-state index contributed by atoms with van der Waals surface area (Å²) in [7, 11) is 0. The number of aromatic nitrogens is 2. The highest BCUT2D eigenvalue weighted by Gasteiger charge is 2.08. The summed E-state index contributed by atoms with van der Waals surface area (Å²) >= 11 is 0. The maximum absolute atomic E-state index is 10.0. The van der Waals surface area contributed by atoms with E-state index < -0.39 is 12.1 Å². The number of imidazole rings is 1. The quantitative estimate of drug-likeness (QED) is 0.471. The number of aliphatic hydroxyl groups excluding tert-OH is 1. The van der Waals surface area contributed by atoms with Crippen molar-refractivity contribution in [2.45, 2.75) is 12.6 Å². The van der Waals surface area contributed by atoms with E-state index >= 15 is 0 Å². The first-order chi connectivity index (χ1) is 5.20. The summed E-state index contributed by atoms with van der Waals surface area (Å²) in [6.45, 7) is 0.00579. The van der Waals surface area contributed by atoms with Crippen molar-refractivity contribution in [1.29, 1.82) is 0 Å². The summed E-state index contributed by atoms with van der Waals surface area (Å²) in [4.78, 5) is 12.8. The van der Waals surface area contributed by atoms with Gasteiger partial charge in [-0.3, -0.25) is 4.98 Å². The van der Waals surface area contributed by atoms with Gasteiger partial charge in [-0.2, -0.15) is 0 Å². The lowest BCUT2D eigenvalue weighted by Gasteiger charge is -2.07. The molecule has 1 aromatic rings. The first-order valence-electron chi connectivity index (χ1n) is 3.11. The topological polar surface area (TPSA) is 80.0 Å². The number of aromatic amines is 1. The maximum Gasteiger partial charge on any atom is 0.241 e. The average molecular weight is 156 g/mol. The molecular weight excluding hydrogens is 148 g/mol. The lowest BCUT2D eigenvalue weighted by Crippen LogP contribution is -2.46. The summed E-state index contributed by atoms with van der Waals surface area (Å²) in [6.07, 6.45) is 3.34. The third-order valence-electron chi connectivity index (χ3n) is 1.26. The molecule has 0 radical (unpaired) electrons. The van der Waals surface area contributed by atoms with Crippen LogP contribution >= 0.6 is 0 Å². The molecule has 0 aliphatic heterocycles. The Balaban J connectivity index is 2.50. The molecule has 1 rings (SSSR count). The van der Waals surface area contributed by atoms with E-state index in [1.54, 1.807) is 18.7 Å². The number of carbonyl (C=O) groups is 1. The molecule has 5 heteroatoms. The fourth-order valence-electron chi connectivity index (χ4n) is 0.708. The Labute approximate surface area is 62.9 Å². The fourth-order valence-corrected chi connectivity index (χ4v) is 0.708. The maximum atomic E-state index is 10.0. The lowest BCUT2D eigenvalue weighted by molar-refractivity contribution is -0.701. The van der Waals surface area contributed by atoms with Crippen molar-refractivity contribution in [3.05, 3.63) is 18.7 Å². The molecule has 0 aliphatic carbocycles. The Bertz CT molecular complexity index is 232. The number of carboxylic acid groups (broad SMARTS) is 1. The highest BCUT2D eigenvalue weighted by molar-refractivity contribution is 5.69. The van der Waals surface area contributed by atoms with Crippen LogP contribution in [-0.4, -0.2) is 22.2 Å². The monoisotopic (exact) mass is 156 g/mol. The second-order valence-corrected chi connectivity index (χ2v) is 2.14. The molecule has 0 aromatic carbocycles. The van der Waals surface area contributed by atoms with E-state index in [0.717, 1.165) is 0 Å². The zero-order chi connectivity index (χ0) is 8.27. The number of hydrogen-bond donors (Lipinski definition) is 2. The van der Waals surface area contributed by atoms with E-state index in [2.05, 4.69) is 4.98 Å². The highest BCUT2D eigenvalue weighted by atomic mass is 16.4. The minimum absolute atomic E-state index is 0.00579. The number of rotatable bonds is 3. The molecule has 0 aliphatic rings. The third-order valence-corrected chi connectivity index (χ3v) is 1.26. The van der Waals surface area contributed by atoms with E-state index in [-0.39, 0.29) is 6.54 Å². The molecule has 1 unspecified atom stereocenters. The summed E-state index contributed by atoms with van der Waals surface area (Å²) < 4.78 is 1.51. The van der Waals surface area contributed by atoms with Gasteiger partial charge in [-0.15, -0.1) is 0 Å². The molecule has 1 heterocycles. The SMILES string of the molecule is O=C([O-])C(O)C[n+]1cc[nH]c1. The number of hydrogen-bond acceptors (Lipinski definition) is 3. The minimum Gasteiger partial charge on any atom is -0.547 e. The normalized spacial score (nSPS) is 12.8. The zero-order valence-corrected chi connectivity index (χ0v) is 5.73. The lowest BCUT2D eigenvalue weighted by atomic mass is 10.3. The number of aliphatic carboxylic acids is 1. The second-order valence-electron chi connectivity index (χ2n) is 2.14. The Morgan fingerprint density at radius 2 is 2.55 bits per heavy atom. The molecule has 0 saturated heterocycles. The molecular formula is C6H8N2O3. The second kappa shape index (κ2) is 3.16.